The standard InChI is InChI=1S/C13H10N4O5S2/c18-9-7-12(24(20,21)22)10(19)6-11(9)23-13-14-15-16-17(13)8-4-2-1-3-5-8/h1-7,18-19H,(H,20,21,22). The third kappa shape index (κ3) is 3.18. The molecule has 0 aliphatic heterocycles. The third-order valence-corrected chi connectivity index (χ3v) is 4.83. The van der Waals surface area contributed by atoms with E-state index in [2.05, 4.69) is 15.5 Å². The molecular formula is C13H10N4O5S2. The van der Waals surface area contributed by atoms with E-state index in [0.29, 0.717) is 5.69 Å². The molecule has 0 fully saturated rings. The summed E-state index contributed by atoms with van der Waals surface area (Å²) in [4.78, 5) is -0.668. The largest absolute Gasteiger partial charge is 0.507 e. The SMILES string of the molecule is O=S(=O)(O)c1cc(O)c(Sc2nnnn2-c2ccccc2)cc1O. The van der Waals surface area contributed by atoms with Crippen molar-refractivity contribution >= 4 is 21.9 Å². The molecule has 0 atom stereocenters. The molecule has 3 aromatic rings. The van der Waals surface area contributed by atoms with Crippen LogP contribution in [0.25, 0.3) is 5.69 Å². The number of aromatic nitrogens is 4. The van der Waals surface area contributed by atoms with Gasteiger partial charge in [0.15, 0.2) is 0 Å². The van der Waals surface area contributed by atoms with Gasteiger partial charge in [-0.25, -0.2) is 0 Å². The Labute approximate surface area is 140 Å². The van der Waals surface area contributed by atoms with Crippen molar-refractivity contribution in [2.45, 2.75) is 14.9 Å². The number of aromatic hydroxyl groups is 2. The van der Waals surface area contributed by atoms with Crippen LogP contribution in [0, 0.1) is 0 Å². The molecule has 0 radical (unpaired) electrons. The van der Waals surface area contributed by atoms with Gasteiger partial charge in [-0.2, -0.15) is 13.1 Å². The van der Waals surface area contributed by atoms with Gasteiger partial charge in [-0.3, -0.25) is 4.55 Å². The summed E-state index contributed by atoms with van der Waals surface area (Å²) in [6.45, 7) is 0. The molecule has 0 saturated carbocycles. The zero-order chi connectivity index (χ0) is 17.3. The second-order valence-electron chi connectivity index (χ2n) is 4.57. The lowest BCUT2D eigenvalue weighted by molar-refractivity contribution is 0.426. The number of para-hydroxylation sites is 1. The molecule has 0 aliphatic carbocycles. The first kappa shape index (κ1) is 16.2. The van der Waals surface area contributed by atoms with E-state index in [1.807, 2.05) is 6.07 Å². The van der Waals surface area contributed by atoms with Crippen LogP contribution < -0.4 is 0 Å². The molecule has 0 spiro atoms. The van der Waals surface area contributed by atoms with Gasteiger partial charge in [-0.1, -0.05) is 18.2 Å². The van der Waals surface area contributed by atoms with Crippen LogP contribution in [0.4, 0.5) is 0 Å². The molecular weight excluding hydrogens is 356 g/mol. The number of tetrazole rings is 1. The van der Waals surface area contributed by atoms with Gasteiger partial charge in [0.05, 0.1) is 10.6 Å². The molecule has 0 unspecified atom stereocenters. The van der Waals surface area contributed by atoms with Crippen LogP contribution in [-0.2, 0) is 10.1 Å². The normalized spacial score (nSPS) is 11.5. The number of hydrogen-bond acceptors (Lipinski definition) is 8. The fraction of sp³-hybridized carbons (Fsp3) is 0. The van der Waals surface area contributed by atoms with Crippen molar-refractivity contribution in [3.8, 4) is 17.2 Å². The van der Waals surface area contributed by atoms with Gasteiger partial charge in [-0.15, -0.1) is 5.10 Å². The summed E-state index contributed by atoms with van der Waals surface area (Å²) in [5, 5.41) is 31.2. The third-order valence-electron chi connectivity index (χ3n) is 2.96. The van der Waals surface area contributed by atoms with E-state index in [4.69, 9.17) is 4.55 Å². The Morgan fingerprint density at radius 2 is 1.75 bits per heavy atom. The smallest absolute Gasteiger partial charge is 0.298 e. The van der Waals surface area contributed by atoms with Crippen molar-refractivity contribution in [2.24, 2.45) is 0 Å². The molecule has 3 rings (SSSR count). The summed E-state index contributed by atoms with van der Waals surface area (Å²) >= 11 is 0.916. The predicted octanol–water partition coefficient (Wildman–Crippen LogP) is 1.47. The van der Waals surface area contributed by atoms with Crippen molar-refractivity contribution < 1.29 is 23.2 Å². The Kier molecular flexibility index (Phi) is 4.13. The van der Waals surface area contributed by atoms with Crippen molar-refractivity contribution in [1.29, 1.82) is 0 Å². The Bertz CT molecular complexity index is 989. The summed E-state index contributed by atoms with van der Waals surface area (Å²) in [5.41, 5.74) is 0.684. The highest BCUT2D eigenvalue weighted by Gasteiger charge is 2.20. The van der Waals surface area contributed by atoms with E-state index in [1.165, 1.54) is 4.68 Å². The summed E-state index contributed by atoms with van der Waals surface area (Å²) in [7, 11) is -4.65. The minimum absolute atomic E-state index is 0.117. The first-order valence-corrected chi connectivity index (χ1v) is 8.67. The number of benzene rings is 2. The van der Waals surface area contributed by atoms with Crippen LogP contribution in [0.2, 0.25) is 0 Å². The van der Waals surface area contributed by atoms with E-state index in [0.717, 1.165) is 23.9 Å². The van der Waals surface area contributed by atoms with Gasteiger partial charge in [0.25, 0.3) is 10.1 Å². The van der Waals surface area contributed by atoms with E-state index in [-0.39, 0.29) is 10.1 Å². The van der Waals surface area contributed by atoms with Crippen LogP contribution >= 0.6 is 11.8 Å². The highest BCUT2D eigenvalue weighted by molar-refractivity contribution is 7.99. The van der Waals surface area contributed by atoms with Gasteiger partial charge in [0.2, 0.25) is 5.16 Å². The molecule has 0 saturated heterocycles. The molecule has 1 aromatic heterocycles. The van der Waals surface area contributed by atoms with Gasteiger partial charge < -0.3 is 10.2 Å². The van der Waals surface area contributed by atoms with E-state index >= 15 is 0 Å². The number of hydrogen-bond donors (Lipinski definition) is 3. The molecule has 9 nitrogen and oxygen atoms in total. The summed E-state index contributed by atoms with van der Waals surface area (Å²) in [6.07, 6.45) is 0. The second-order valence-corrected chi connectivity index (χ2v) is 6.97. The average Bonchev–Trinajstić information content (AvgIpc) is 2.98. The van der Waals surface area contributed by atoms with Gasteiger partial charge >= 0.3 is 0 Å². The van der Waals surface area contributed by atoms with Crippen molar-refractivity contribution in [1.82, 2.24) is 20.2 Å². The van der Waals surface area contributed by atoms with Gasteiger partial charge in [0.1, 0.15) is 16.4 Å². The molecule has 24 heavy (non-hydrogen) atoms. The number of rotatable bonds is 4. The molecule has 1 heterocycles. The minimum Gasteiger partial charge on any atom is -0.507 e. The van der Waals surface area contributed by atoms with E-state index in [1.54, 1.807) is 24.3 Å². The zero-order valence-electron chi connectivity index (χ0n) is 11.8. The maximum Gasteiger partial charge on any atom is 0.298 e. The van der Waals surface area contributed by atoms with Crippen molar-refractivity contribution in [3.05, 3.63) is 42.5 Å². The molecule has 2 aromatic carbocycles. The highest BCUT2D eigenvalue weighted by atomic mass is 32.2. The van der Waals surface area contributed by atoms with Crippen molar-refractivity contribution in [2.75, 3.05) is 0 Å². The monoisotopic (exact) mass is 366 g/mol. The van der Waals surface area contributed by atoms with E-state index < -0.39 is 26.5 Å². The Morgan fingerprint density at radius 1 is 1.04 bits per heavy atom. The number of phenolic OH excluding ortho intramolecular Hbond substituents is 2. The minimum atomic E-state index is -4.65. The lowest BCUT2D eigenvalue weighted by Gasteiger charge is -2.08. The molecule has 0 aliphatic rings. The lowest BCUT2D eigenvalue weighted by Crippen LogP contribution is -2.00. The quantitative estimate of drug-likeness (QED) is 0.462. The summed E-state index contributed by atoms with van der Waals surface area (Å²) < 4.78 is 32.6. The molecule has 124 valence electrons. The van der Waals surface area contributed by atoms with Crippen molar-refractivity contribution in [3.63, 3.8) is 0 Å². The molecule has 11 heteroatoms. The van der Waals surface area contributed by atoms with Crippen LogP contribution in [0.15, 0.2) is 57.4 Å². The molecule has 3 N–H and O–H groups in total. The van der Waals surface area contributed by atoms with Crippen LogP contribution in [0.3, 0.4) is 0 Å². The first-order valence-electron chi connectivity index (χ1n) is 6.41. The topological polar surface area (TPSA) is 138 Å². The number of nitrogens with zero attached hydrogens (tertiary/aromatic N) is 4. The summed E-state index contributed by atoms with van der Waals surface area (Å²) in [5.74, 6) is -1.15. The molecule has 0 amide bonds. The predicted molar refractivity (Wildman–Crippen MR) is 82.9 cm³/mol. The zero-order valence-corrected chi connectivity index (χ0v) is 13.4. The maximum atomic E-state index is 11.1. The fourth-order valence-electron chi connectivity index (χ4n) is 1.90. The highest BCUT2D eigenvalue weighted by Crippen LogP contribution is 2.39. The number of phenols is 2. The van der Waals surface area contributed by atoms with Crippen LogP contribution in [0.1, 0.15) is 0 Å². The fourth-order valence-corrected chi connectivity index (χ4v) is 3.32. The second kappa shape index (κ2) is 6.11. The van der Waals surface area contributed by atoms with E-state index in [9.17, 15) is 18.6 Å². The summed E-state index contributed by atoms with van der Waals surface area (Å²) in [6, 6.07) is 10.7. The lowest BCUT2D eigenvalue weighted by atomic mass is 10.3. The Balaban J connectivity index is 1.99. The van der Waals surface area contributed by atoms with Crippen LogP contribution in [0.5, 0.6) is 11.5 Å². The average molecular weight is 366 g/mol. The Morgan fingerprint density at radius 3 is 2.42 bits per heavy atom. The Hall–Kier alpha value is -2.63. The van der Waals surface area contributed by atoms with Gasteiger partial charge in [-0.05, 0) is 40.4 Å². The van der Waals surface area contributed by atoms with Gasteiger partial charge in [0, 0.05) is 6.07 Å². The maximum absolute atomic E-state index is 11.1. The molecule has 0 bridgehead atoms. The first-order chi connectivity index (χ1) is 11.4. The van der Waals surface area contributed by atoms with Crippen LogP contribution in [-0.4, -0.2) is 43.4 Å².